The average molecular weight is 302 g/mol. The van der Waals surface area contributed by atoms with Gasteiger partial charge in [0.15, 0.2) is 0 Å². The van der Waals surface area contributed by atoms with E-state index < -0.39 is 0 Å². The van der Waals surface area contributed by atoms with Crippen molar-refractivity contribution in [2.45, 2.75) is 32.1 Å². The molecule has 1 aliphatic rings. The van der Waals surface area contributed by atoms with Gasteiger partial charge in [-0.05, 0) is 29.9 Å². The highest BCUT2D eigenvalue weighted by atomic mass is 32.1. The quantitative estimate of drug-likeness (QED) is 0.921. The lowest BCUT2D eigenvalue weighted by molar-refractivity contribution is -0.00510. The molecule has 2 aromatic rings. The highest BCUT2D eigenvalue weighted by Gasteiger charge is 2.20. The number of thiophene rings is 1. The number of hydrogen-bond acceptors (Lipinski definition) is 5. The fourth-order valence-electron chi connectivity index (χ4n) is 2.60. The topological polar surface area (TPSA) is 64.9 Å². The first-order valence-electron chi connectivity index (χ1n) is 7.13. The Balaban J connectivity index is 1.44. The van der Waals surface area contributed by atoms with Crippen LogP contribution < -0.4 is 0 Å². The van der Waals surface area contributed by atoms with Crippen molar-refractivity contribution in [1.82, 2.24) is 14.9 Å². The summed E-state index contributed by atoms with van der Waals surface area (Å²) in [7, 11) is 0. The van der Waals surface area contributed by atoms with Crippen molar-refractivity contribution in [2.24, 2.45) is 0 Å². The Morgan fingerprint density at radius 2 is 2.33 bits per heavy atom. The summed E-state index contributed by atoms with van der Waals surface area (Å²) in [5, 5.41) is 11.0. The van der Waals surface area contributed by atoms with Gasteiger partial charge in [0, 0.05) is 19.6 Å². The minimum absolute atomic E-state index is 0.322. The van der Waals surface area contributed by atoms with Crippen molar-refractivity contribution in [2.75, 3.05) is 13.1 Å². The molecule has 0 aliphatic carbocycles. The maximum atomic E-state index is 9.05. The second kappa shape index (κ2) is 6.85. The van der Waals surface area contributed by atoms with Crippen LogP contribution in [0.25, 0.3) is 0 Å². The molecule has 3 rings (SSSR count). The summed E-state index contributed by atoms with van der Waals surface area (Å²) < 4.78 is 5.91. The summed E-state index contributed by atoms with van der Waals surface area (Å²) in [6, 6.07) is 4.33. The van der Waals surface area contributed by atoms with E-state index in [1.165, 1.54) is 11.3 Å². The van der Waals surface area contributed by atoms with Crippen LogP contribution in [0.1, 0.15) is 29.0 Å². The van der Waals surface area contributed by atoms with Gasteiger partial charge >= 0.3 is 0 Å². The third-order valence-electron chi connectivity index (χ3n) is 3.81. The normalized spacial score (nSPS) is 16.9. The number of H-pyrrole nitrogens is 1. The molecule has 0 bridgehead atoms. The smallest absolute Gasteiger partial charge is 0.110 e. The van der Waals surface area contributed by atoms with Gasteiger partial charge in [0.25, 0.3) is 0 Å². The molecular formula is C15H18N4OS. The van der Waals surface area contributed by atoms with Gasteiger partial charge in [-0.2, -0.15) is 5.26 Å². The summed E-state index contributed by atoms with van der Waals surface area (Å²) in [4.78, 5) is 10.3. The number of ether oxygens (including phenoxy) is 1. The molecule has 5 nitrogen and oxygen atoms in total. The maximum absolute atomic E-state index is 9.05. The number of hydrogen-bond donors (Lipinski definition) is 1. The van der Waals surface area contributed by atoms with Gasteiger partial charge in [0.1, 0.15) is 10.9 Å². The summed E-state index contributed by atoms with van der Waals surface area (Å²) in [6.45, 7) is 3.52. The molecule has 1 aliphatic heterocycles. The molecule has 1 N–H and O–H groups in total. The zero-order chi connectivity index (χ0) is 14.5. The number of nitriles is 1. The molecule has 0 amide bonds. The Kier molecular flexibility index (Phi) is 4.65. The van der Waals surface area contributed by atoms with Crippen LogP contribution in [-0.4, -0.2) is 34.1 Å². The lowest BCUT2D eigenvalue weighted by Gasteiger charge is -2.31. The zero-order valence-corrected chi connectivity index (χ0v) is 12.6. The minimum Gasteiger partial charge on any atom is -0.372 e. The molecule has 110 valence electrons. The van der Waals surface area contributed by atoms with Crippen molar-refractivity contribution < 1.29 is 4.74 Å². The van der Waals surface area contributed by atoms with Gasteiger partial charge in [0.05, 0.1) is 30.9 Å². The van der Waals surface area contributed by atoms with Crippen molar-refractivity contribution >= 4 is 11.3 Å². The van der Waals surface area contributed by atoms with Crippen LogP contribution in [0.3, 0.4) is 0 Å². The van der Waals surface area contributed by atoms with Crippen LogP contribution >= 0.6 is 11.3 Å². The van der Waals surface area contributed by atoms with Crippen LogP contribution in [-0.2, 0) is 17.9 Å². The van der Waals surface area contributed by atoms with Crippen LogP contribution in [0.5, 0.6) is 0 Å². The number of rotatable bonds is 5. The van der Waals surface area contributed by atoms with E-state index in [0.717, 1.165) is 48.6 Å². The molecule has 0 spiro atoms. The van der Waals surface area contributed by atoms with E-state index >= 15 is 0 Å². The van der Waals surface area contributed by atoms with Crippen molar-refractivity contribution in [3.8, 4) is 6.07 Å². The second-order valence-corrected chi connectivity index (χ2v) is 6.17. The van der Waals surface area contributed by atoms with E-state index in [0.29, 0.717) is 12.7 Å². The number of imidazole rings is 1. The predicted octanol–water partition coefficient (Wildman–Crippen LogP) is 2.52. The predicted molar refractivity (Wildman–Crippen MR) is 80.7 cm³/mol. The fourth-order valence-corrected chi connectivity index (χ4v) is 3.31. The molecule has 0 aromatic carbocycles. The highest BCUT2D eigenvalue weighted by molar-refractivity contribution is 7.10. The van der Waals surface area contributed by atoms with Gasteiger partial charge in [-0.3, -0.25) is 4.90 Å². The number of nitrogens with zero attached hydrogens (tertiary/aromatic N) is 3. The summed E-state index contributed by atoms with van der Waals surface area (Å²) in [5.74, 6) is 0. The summed E-state index contributed by atoms with van der Waals surface area (Å²) >= 11 is 1.52. The first-order valence-corrected chi connectivity index (χ1v) is 8.01. The van der Waals surface area contributed by atoms with Gasteiger partial charge in [-0.1, -0.05) is 0 Å². The number of aromatic amines is 1. The van der Waals surface area contributed by atoms with Crippen molar-refractivity contribution in [3.63, 3.8) is 0 Å². The van der Waals surface area contributed by atoms with Crippen molar-refractivity contribution in [1.29, 1.82) is 5.26 Å². The molecule has 0 unspecified atom stereocenters. The van der Waals surface area contributed by atoms with E-state index in [1.54, 1.807) is 12.5 Å². The maximum Gasteiger partial charge on any atom is 0.110 e. The fraction of sp³-hybridized carbons (Fsp3) is 0.467. The molecule has 1 fully saturated rings. The van der Waals surface area contributed by atoms with Gasteiger partial charge < -0.3 is 9.72 Å². The SMILES string of the molecule is N#Cc1sccc1CN1CCC(OCc2cnc[nH]2)CC1. The molecule has 21 heavy (non-hydrogen) atoms. The summed E-state index contributed by atoms with van der Waals surface area (Å²) in [5.41, 5.74) is 2.17. The third kappa shape index (κ3) is 3.70. The standard InChI is InChI=1S/C15H18N4OS/c16-7-15-12(3-6-21-15)9-19-4-1-14(2-5-19)20-10-13-8-17-11-18-13/h3,6,8,11,14H,1-2,4-5,9-10H2,(H,17,18). The summed E-state index contributed by atoms with van der Waals surface area (Å²) in [6.07, 6.45) is 5.88. The highest BCUT2D eigenvalue weighted by Crippen LogP contribution is 2.21. The van der Waals surface area contributed by atoms with Gasteiger partial charge in [-0.25, -0.2) is 4.98 Å². The Morgan fingerprint density at radius 1 is 1.48 bits per heavy atom. The van der Waals surface area contributed by atoms with Crippen LogP contribution in [0.15, 0.2) is 24.0 Å². The molecule has 1 saturated heterocycles. The molecular weight excluding hydrogens is 284 g/mol. The Bertz CT molecular complexity index is 593. The van der Waals surface area contributed by atoms with E-state index in [2.05, 4.69) is 27.0 Å². The Morgan fingerprint density at radius 3 is 3.05 bits per heavy atom. The van der Waals surface area contributed by atoms with Crippen molar-refractivity contribution in [3.05, 3.63) is 40.1 Å². The number of piperidine rings is 1. The molecule has 0 saturated carbocycles. The van der Waals surface area contributed by atoms with Crippen LogP contribution in [0.2, 0.25) is 0 Å². The van der Waals surface area contributed by atoms with E-state index in [-0.39, 0.29) is 0 Å². The zero-order valence-electron chi connectivity index (χ0n) is 11.8. The number of aromatic nitrogens is 2. The van der Waals surface area contributed by atoms with Crippen LogP contribution in [0.4, 0.5) is 0 Å². The first kappa shape index (κ1) is 14.3. The Labute approximate surface area is 128 Å². The van der Waals surface area contributed by atoms with E-state index in [9.17, 15) is 0 Å². The first-order chi connectivity index (χ1) is 10.3. The monoisotopic (exact) mass is 302 g/mol. The second-order valence-electron chi connectivity index (χ2n) is 5.25. The van der Waals surface area contributed by atoms with Gasteiger partial charge in [0.2, 0.25) is 0 Å². The number of nitrogens with one attached hydrogen (secondary N) is 1. The largest absolute Gasteiger partial charge is 0.372 e. The Hall–Kier alpha value is -1.68. The minimum atomic E-state index is 0.322. The van der Waals surface area contributed by atoms with Crippen LogP contribution in [0, 0.1) is 11.3 Å². The van der Waals surface area contributed by atoms with E-state index in [1.807, 2.05) is 5.38 Å². The lowest BCUT2D eigenvalue weighted by atomic mass is 10.1. The molecule has 6 heteroatoms. The number of likely N-dealkylation sites (tertiary alicyclic amines) is 1. The molecule has 2 aromatic heterocycles. The molecule has 0 atom stereocenters. The molecule has 3 heterocycles. The van der Waals surface area contributed by atoms with E-state index in [4.69, 9.17) is 10.00 Å². The lowest BCUT2D eigenvalue weighted by Crippen LogP contribution is -2.36. The average Bonchev–Trinajstić information content (AvgIpc) is 3.17. The van der Waals surface area contributed by atoms with Gasteiger partial charge in [-0.15, -0.1) is 11.3 Å². The molecule has 0 radical (unpaired) electrons. The third-order valence-corrected chi connectivity index (χ3v) is 4.67.